The van der Waals surface area contributed by atoms with Crippen LogP contribution in [0.15, 0.2) is 24.3 Å². The topological polar surface area (TPSA) is 55.4 Å². The number of anilines is 1. The van der Waals surface area contributed by atoms with Crippen LogP contribution in [0.1, 0.15) is 33.3 Å². The quantitative estimate of drug-likeness (QED) is 0.585. The third kappa shape index (κ3) is 5.63. The normalized spacial score (nSPS) is 13.5. The second-order valence-electron chi connectivity index (χ2n) is 6.54. The van der Waals surface area contributed by atoms with Crippen molar-refractivity contribution < 1.29 is 27.5 Å². The molecule has 1 unspecified atom stereocenters. The molecule has 0 bridgehead atoms. The number of nitrogens with one attached hydrogen (secondary N) is 1. The van der Waals surface area contributed by atoms with Crippen LogP contribution in [0.3, 0.4) is 0 Å². The molecule has 4 nitrogen and oxygen atoms in total. The van der Waals surface area contributed by atoms with Gasteiger partial charge in [-0.2, -0.15) is 13.2 Å². The number of hydrogen-bond donors (Lipinski definition) is 1. The van der Waals surface area contributed by atoms with Crippen molar-refractivity contribution >= 4 is 29.2 Å². The van der Waals surface area contributed by atoms with E-state index in [0.29, 0.717) is 0 Å². The van der Waals surface area contributed by atoms with Crippen molar-refractivity contribution in [2.45, 2.75) is 40.0 Å². The summed E-state index contributed by atoms with van der Waals surface area (Å²) in [5, 5.41) is 2.56. The highest BCUT2D eigenvalue weighted by Crippen LogP contribution is 2.32. The van der Waals surface area contributed by atoms with Gasteiger partial charge in [0.1, 0.15) is 12.0 Å². The van der Waals surface area contributed by atoms with Crippen LogP contribution in [-0.2, 0) is 20.5 Å². The summed E-state index contributed by atoms with van der Waals surface area (Å²) in [6.45, 7) is 6.77. The van der Waals surface area contributed by atoms with Gasteiger partial charge in [0.05, 0.1) is 11.0 Å². The van der Waals surface area contributed by atoms with Crippen LogP contribution in [0, 0.1) is 11.3 Å². The zero-order chi connectivity index (χ0) is 19.4. The highest BCUT2D eigenvalue weighted by molar-refractivity contribution is 6.26. The van der Waals surface area contributed by atoms with E-state index >= 15 is 0 Å². The van der Waals surface area contributed by atoms with Gasteiger partial charge in [-0.15, -0.1) is 11.6 Å². The summed E-state index contributed by atoms with van der Waals surface area (Å²) in [4.78, 5) is 24.1. The smallest absolute Gasteiger partial charge is 0.416 e. The summed E-state index contributed by atoms with van der Waals surface area (Å²) in [5.41, 5.74) is -1.70. The molecule has 1 aromatic rings. The number of alkyl halides is 4. The van der Waals surface area contributed by atoms with Crippen molar-refractivity contribution in [2.75, 3.05) is 11.2 Å². The van der Waals surface area contributed by atoms with E-state index in [9.17, 15) is 22.8 Å². The maximum atomic E-state index is 12.6. The lowest BCUT2D eigenvalue weighted by atomic mass is 9.79. The molecule has 1 aromatic carbocycles. The van der Waals surface area contributed by atoms with Crippen LogP contribution in [-0.4, -0.2) is 23.9 Å². The Bertz CT molecular complexity index is 613. The van der Waals surface area contributed by atoms with Crippen LogP contribution in [0.4, 0.5) is 18.9 Å². The molecule has 140 valence electrons. The molecular weight excluding hydrogens is 359 g/mol. The molecule has 1 atom stereocenters. The molecule has 25 heavy (non-hydrogen) atoms. The molecule has 0 heterocycles. The molecule has 1 N–H and O–H groups in total. The number of rotatable bonds is 6. The van der Waals surface area contributed by atoms with Gasteiger partial charge in [-0.25, -0.2) is 0 Å². The molecule has 0 aromatic heterocycles. The van der Waals surface area contributed by atoms with Crippen molar-refractivity contribution in [2.24, 2.45) is 11.3 Å². The fourth-order valence-corrected chi connectivity index (χ4v) is 2.52. The number of carbonyl (C=O) groups excluding carboxylic acids is 2. The zero-order valence-electron chi connectivity index (χ0n) is 14.4. The standard InChI is InChI=1S/C17H21ClF3NO3/c1-10(2)14(25-13(23)9-18)16(3,4)15(24)22-12-7-5-11(6-8-12)17(19,20)21/h5-8,10,14H,9H2,1-4H3,(H,22,24). The fourth-order valence-electron chi connectivity index (χ4n) is 2.45. The van der Waals surface area contributed by atoms with Gasteiger partial charge in [0.15, 0.2) is 0 Å². The summed E-state index contributed by atoms with van der Waals surface area (Å²) in [7, 11) is 0. The summed E-state index contributed by atoms with van der Waals surface area (Å²) < 4.78 is 43.0. The number of hydrogen-bond acceptors (Lipinski definition) is 3. The van der Waals surface area contributed by atoms with E-state index in [-0.39, 0.29) is 17.5 Å². The fraction of sp³-hybridized carbons (Fsp3) is 0.529. The molecule has 0 saturated heterocycles. The molecule has 1 amide bonds. The second kappa shape index (κ2) is 8.08. The van der Waals surface area contributed by atoms with Gasteiger partial charge < -0.3 is 10.1 Å². The first-order valence-corrected chi connectivity index (χ1v) is 8.17. The van der Waals surface area contributed by atoms with E-state index in [1.165, 1.54) is 12.1 Å². The van der Waals surface area contributed by atoms with Crippen molar-refractivity contribution in [1.29, 1.82) is 0 Å². The number of benzene rings is 1. The van der Waals surface area contributed by atoms with Gasteiger partial charge in [-0.05, 0) is 44.0 Å². The Kier molecular flexibility index (Phi) is 6.88. The average molecular weight is 380 g/mol. The minimum atomic E-state index is -4.44. The Morgan fingerprint density at radius 3 is 2.08 bits per heavy atom. The Hall–Kier alpha value is -1.76. The number of amides is 1. The van der Waals surface area contributed by atoms with Gasteiger partial charge in [0.25, 0.3) is 0 Å². The van der Waals surface area contributed by atoms with Crippen molar-refractivity contribution in [3.05, 3.63) is 29.8 Å². The maximum absolute atomic E-state index is 12.6. The van der Waals surface area contributed by atoms with E-state index < -0.39 is 35.1 Å². The van der Waals surface area contributed by atoms with Crippen molar-refractivity contribution in [3.8, 4) is 0 Å². The Morgan fingerprint density at radius 2 is 1.68 bits per heavy atom. The van der Waals surface area contributed by atoms with E-state index in [1.807, 2.05) is 0 Å². The van der Waals surface area contributed by atoms with Crippen LogP contribution in [0.25, 0.3) is 0 Å². The van der Waals surface area contributed by atoms with Crippen molar-refractivity contribution in [1.82, 2.24) is 0 Å². The second-order valence-corrected chi connectivity index (χ2v) is 6.81. The number of ether oxygens (including phenoxy) is 1. The predicted molar refractivity (Wildman–Crippen MR) is 89.3 cm³/mol. The van der Waals surface area contributed by atoms with Gasteiger partial charge >= 0.3 is 12.1 Å². The highest BCUT2D eigenvalue weighted by atomic mass is 35.5. The number of carbonyl (C=O) groups is 2. The summed E-state index contributed by atoms with van der Waals surface area (Å²) in [6.07, 6.45) is -5.19. The first-order chi connectivity index (χ1) is 11.4. The van der Waals surface area contributed by atoms with E-state index in [4.69, 9.17) is 16.3 Å². The van der Waals surface area contributed by atoms with E-state index in [2.05, 4.69) is 5.32 Å². The molecular formula is C17H21ClF3NO3. The van der Waals surface area contributed by atoms with E-state index in [0.717, 1.165) is 12.1 Å². The van der Waals surface area contributed by atoms with E-state index in [1.54, 1.807) is 27.7 Å². The largest absolute Gasteiger partial charge is 0.460 e. The van der Waals surface area contributed by atoms with Crippen molar-refractivity contribution in [3.63, 3.8) is 0 Å². The minimum absolute atomic E-state index is 0.166. The van der Waals surface area contributed by atoms with Crippen LogP contribution < -0.4 is 5.32 Å². The first-order valence-electron chi connectivity index (χ1n) is 7.63. The molecule has 8 heteroatoms. The summed E-state index contributed by atoms with van der Waals surface area (Å²) >= 11 is 5.44. The lowest BCUT2D eigenvalue weighted by Gasteiger charge is -2.35. The summed E-state index contributed by atoms with van der Waals surface area (Å²) in [6, 6.07) is 4.12. The minimum Gasteiger partial charge on any atom is -0.460 e. The first kappa shape index (κ1) is 21.3. The molecule has 0 aliphatic heterocycles. The predicted octanol–water partition coefficient (Wildman–Crippen LogP) is 4.48. The van der Waals surface area contributed by atoms with Crippen LogP contribution in [0.2, 0.25) is 0 Å². The highest BCUT2D eigenvalue weighted by Gasteiger charge is 2.41. The van der Waals surface area contributed by atoms with Crippen LogP contribution >= 0.6 is 11.6 Å². The van der Waals surface area contributed by atoms with Gasteiger partial charge in [-0.1, -0.05) is 13.8 Å². The monoisotopic (exact) mass is 379 g/mol. The SMILES string of the molecule is CC(C)C(OC(=O)CCl)C(C)(C)C(=O)Nc1ccc(C(F)(F)F)cc1. The third-order valence-corrected chi connectivity index (χ3v) is 3.96. The molecule has 0 fully saturated rings. The Labute approximate surface area is 149 Å². The zero-order valence-corrected chi connectivity index (χ0v) is 15.2. The summed E-state index contributed by atoms with van der Waals surface area (Å²) in [5.74, 6) is -1.62. The molecule has 0 aliphatic rings. The lowest BCUT2D eigenvalue weighted by molar-refractivity contribution is -0.159. The molecule has 0 aliphatic carbocycles. The molecule has 0 spiro atoms. The molecule has 0 radical (unpaired) electrons. The number of halogens is 4. The average Bonchev–Trinajstić information content (AvgIpc) is 2.51. The van der Waals surface area contributed by atoms with Gasteiger partial charge in [-0.3, -0.25) is 9.59 Å². The number of esters is 1. The molecule has 1 rings (SSSR count). The van der Waals surface area contributed by atoms with Crippen LogP contribution in [0.5, 0.6) is 0 Å². The Morgan fingerprint density at radius 1 is 1.16 bits per heavy atom. The molecule has 0 saturated carbocycles. The Balaban J connectivity index is 2.93. The maximum Gasteiger partial charge on any atom is 0.416 e. The van der Waals surface area contributed by atoms with Gasteiger partial charge in [0, 0.05) is 5.69 Å². The van der Waals surface area contributed by atoms with Gasteiger partial charge in [0.2, 0.25) is 5.91 Å². The third-order valence-electron chi connectivity index (χ3n) is 3.74. The lowest BCUT2D eigenvalue weighted by Crippen LogP contribution is -2.46.